The summed E-state index contributed by atoms with van der Waals surface area (Å²) in [5, 5.41) is 1.63. The first-order valence-corrected chi connectivity index (χ1v) is 5.24. The second-order valence-electron chi connectivity index (χ2n) is 2.97. The van der Waals surface area contributed by atoms with Gasteiger partial charge >= 0.3 is 0 Å². The molecule has 0 amide bonds. The van der Waals surface area contributed by atoms with Crippen molar-refractivity contribution in [2.24, 2.45) is 0 Å². The Labute approximate surface area is 89.7 Å². The van der Waals surface area contributed by atoms with Crippen LogP contribution in [0.4, 0.5) is 0 Å². The van der Waals surface area contributed by atoms with Gasteiger partial charge in [-0.15, -0.1) is 0 Å². The molecule has 1 N–H and O–H groups in total. The Kier molecular flexibility index (Phi) is 1.96. The van der Waals surface area contributed by atoms with E-state index in [-0.39, 0.29) is 0 Å². The minimum absolute atomic E-state index is 0.813. The lowest BCUT2D eigenvalue weighted by atomic mass is 10.4. The van der Waals surface area contributed by atoms with E-state index >= 15 is 0 Å². The molecule has 0 spiro atoms. The van der Waals surface area contributed by atoms with Gasteiger partial charge in [0.05, 0.1) is 23.5 Å². The lowest BCUT2D eigenvalue weighted by Crippen LogP contribution is -1.71. The zero-order valence-electron chi connectivity index (χ0n) is 7.68. The molecule has 0 atom stereocenters. The summed E-state index contributed by atoms with van der Waals surface area (Å²) in [5.74, 6) is 0. The van der Waals surface area contributed by atoms with E-state index in [4.69, 9.17) is 4.42 Å². The Hall–Kier alpha value is -1.75. The first-order valence-electron chi connectivity index (χ1n) is 4.43. The van der Waals surface area contributed by atoms with Crippen LogP contribution in [0.2, 0.25) is 0 Å². The average molecular weight is 217 g/mol. The molecule has 0 saturated heterocycles. The van der Waals surface area contributed by atoms with E-state index in [9.17, 15) is 0 Å². The van der Waals surface area contributed by atoms with Gasteiger partial charge in [0.2, 0.25) is 0 Å². The van der Waals surface area contributed by atoms with E-state index in [1.807, 2.05) is 18.2 Å². The summed E-state index contributed by atoms with van der Waals surface area (Å²) in [6, 6.07) is 5.63. The fourth-order valence-corrected chi connectivity index (χ4v) is 2.04. The van der Waals surface area contributed by atoms with Gasteiger partial charge in [-0.05, 0) is 30.0 Å². The molecule has 0 fully saturated rings. The highest BCUT2D eigenvalue weighted by Gasteiger charge is 2.05. The van der Waals surface area contributed by atoms with Crippen LogP contribution < -0.4 is 0 Å². The third-order valence-electron chi connectivity index (χ3n) is 1.95. The quantitative estimate of drug-likeness (QED) is 0.717. The van der Waals surface area contributed by atoms with Crippen LogP contribution in [0.15, 0.2) is 51.5 Å². The number of aromatic amines is 1. The first kappa shape index (κ1) is 8.55. The summed E-state index contributed by atoms with van der Waals surface area (Å²) in [6.45, 7) is 0. The lowest BCUT2D eigenvalue weighted by molar-refractivity contribution is 0.474. The molecular formula is C10H7N3OS. The van der Waals surface area contributed by atoms with Gasteiger partial charge in [0, 0.05) is 6.20 Å². The molecule has 3 aromatic rings. The molecule has 0 aliphatic rings. The van der Waals surface area contributed by atoms with Crippen molar-refractivity contribution in [1.82, 2.24) is 15.0 Å². The number of nitrogens with zero attached hydrogens (tertiary/aromatic N) is 2. The topological polar surface area (TPSA) is 54.7 Å². The monoisotopic (exact) mass is 217 g/mol. The first-order chi connectivity index (χ1) is 7.42. The Balaban J connectivity index is 1.98. The highest BCUT2D eigenvalue weighted by molar-refractivity contribution is 7.99. The summed E-state index contributed by atoms with van der Waals surface area (Å²) in [5.41, 5.74) is 1.85. The molecule has 0 bridgehead atoms. The SMILES string of the molecule is c1coc(Sc2nc3ccncc3[nH]2)c1. The van der Waals surface area contributed by atoms with Crippen molar-refractivity contribution in [3.05, 3.63) is 36.9 Å². The van der Waals surface area contributed by atoms with Crippen LogP contribution in [0.25, 0.3) is 11.0 Å². The molecule has 3 rings (SSSR count). The van der Waals surface area contributed by atoms with Gasteiger partial charge in [0.25, 0.3) is 0 Å². The van der Waals surface area contributed by atoms with E-state index in [0.29, 0.717) is 0 Å². The van der Waals surface area contributed by atoms with Crippen LogP contribution in [0, 0.1) is 0 Å². The second kappa shape index (κ2) is 3.43. The number of rotatable bonds is 2. The van der Waals surface area contributed by atoms with Crippen LogP contribution in [0.3, 0.4) is 0 Å². The van der Waals surface area contributed by atoms with Crippen molar-refractivity contribution in [3.8, 4) is 0 Å². The molecule has 0 aliphatic heterocycles. The second-order valence-corrected chi connectivity index (χ2v) is 3.96. The van der Waals surface area contributed by atoms with Gasteiger partial charge in [0.15, 0.2) is 10.2 Å². The smallest absolute Gasteiger partial charge is 0.174 e. The average Bonchev–Trinajstić information content (AvgIpc) is 2.86. The van der Waals surface area contributed by atoms with Gasteiger partial charge < -0.3 is 9.40 Å². The number of pyridine rings is 1. The lowest BCUT2D eigenvalue weighted by Gasteiger charge is -1.89. The number of hydrogen-bond donors (Lipinski definition) is 1. The maximum absolute atomic E-state index is 5.22. The number of aromatic nitrogens is 3. The van der Waals surface area contributed by atoms with Crippen LogP contribution in [-0.2, 0) is 0 Å². The number of fused-ring (bicyclic) bond motifs is 1. The van der Waals surface area contributed by atoms with Crippen molar-refractivity contribution in [1.29, 1.82) is 0 Å². The number of imidazole rings is 1. The number of H-pyrrole nitrogens is 1. The predicted molar refractivity (Wildman–Crippen MR) is 56.7 cm³/mol. The summed E-state index contributed by atoms with van der Waals surface area (Å²) in [4.78, 5) is 11.6. The summed E-state index contributed by atoms with van der Waals surface area (Å²) >= 11 is 1.46. The summed E-state index contributed by atoms with van der Waals surface area (Å²) in [6.07, 6.45) is 5.13. The molecule has 74 valence electrons. The molecule has 15 heavy (non-hydrogen) atoms. The Morgan fingerprint density at radius 3 is 3.13 bits per heavy atom. The van der Waals surface area contributed by atoms with Crippen LogP contribution in [0.5, 0.6) is 0 Å². The molecule has 0 radical (unpaired) electrons. The fourth-order valence-electron chi connectivity index (χ4n) is 1.30. The Bertz CT molecular complexity index is 540. The summed E-state index contributed by atoms with van der Waals surface area (Å²) < 4.78 is 5.22. The van der Waals surface area contributed by atoms with Gasteiger partial charge in [-0.25, -0.2) is 4.98 Å². The number of nitrogens with one attached hydrogen (secondary N) is 1. The Morgan fingerprint density at radius 2 is 2.33 bits per heavy atom. The number of furan rings is 1. The standard InChI is InChI=1S/C10H7N3OS/c1-2-9(14-5-1)15-10-12-7-3-4-11-6-8(7)13-10/h1-6H,(H,12,13). The zero-order chi connectivity index (χ0) is 10.1. The molecular weight excluding hydrogens is 210 g/mol. The number of hydrogen-bond acceptors (Lipinski definition) is 4. The van der Waals surface area contributed by atoms with Crippen molar-refractivity contribution in [2.75, 3.05) is 0 Å². The van der Waals surface area contributed by atoms with E-state index in [0.717, 1.165) is 21.3 Å². The normalized spacial score (nSPS) is 10.9. The molecule has 4 nitrogen and oxygen atoms in total. The van der Waals surface area contributed by atoms with Gasteiger partial charge in [0.1, 0.15) is 0 Å². The molecule has 0 saturated carbocycles. The predicted octanol–water partition coefficient (Wildman–Crippen LogP) is 2.70. The van der Waals surface area contributed by atoms with Crippen molar-refractivity contribution in [2.45, 2.75) is 10.2 Å². The third-order valence-corrected chi connectivity index (χ3v) is 2.77. The van der Waals surface area contributed by atoms with E-state index in [1.165, 1.54) is 11.8 Å². The van der Waals surface area contributed by atoms with Crippen molar-refractivity contribution < 1.29 is 4.42 Å². The van der Waals surface area contributed by atoms with Crippen LogP contribution in [-0.4, -0.2) is 15.0 Å². The molecule has 0 aromatic carbocycles. The maximum atomic E-state index is 5.22. The van der Waals surface area contributed by atoms with Crippen molar-refractivity contribution >= 4 is 22.8 Å². The zero-order valence-corrected chi connectivity index (χ0v) is 8.49. The molecule has 3 aromatic heterocycles. The molecule has 5 heteroatoms. The van der Waals surface area contributed by atoms with Gasteiger partial charge in [-0.3, -0.25) is 4.98 Å². The molecule has 0 aliphatic carbocycles. The minimum atomic E-state index is 0.813. The van der Waals surface area contributed by atoms with Crippen LogP contribution in [0.1, 0.15) is 0 Å². The Morgan fingerprint density at radius 1 is 1.33 bits per heavy atom. The molecule has 0 unspecified atom stereocenters. The highest BCUT2D eigenvalue weighted by Crippen LogP contribution is 2.26. The minimum Gasteiger partial charge on any atom is -0.458 e. The van der Waals surface area contributed by atoms with Gasteiger partial charge in [-0.1, -0.05) is 0 Å². The fraction of sp³-hybridized carbons (Fsp3) is 0. The highest BCUT2D eigenvalue weighted by atomic mass is 32.2. The van der Waals surface area contributed by atoms with E-state index in [2.05, 4.69) is 15.0 Å². The third kappa shape index (κ3) is 1.61. The van der Waals surface area contributed by atoms with E-state index < -0.39 is 0 Å². The largest absolute Gasteiger partial charge is 0.458 e. The molecule has 3 heterocycles. The van der Waals surface area contributed by atoms with Crippen molar-refractivity contribution in [3.63, 3.8) is 0 Å². The summed E-state index contributed by atoms with van der Waals surface area (Å²) in [7, 11) is 0. The van der Waals surface area contributed by atoms with Gasteiger partial charge in [-0.2, -0.15) is 0 Å². The maximum Gasteiger partial charge on any atom is 0.174 e. The van der Waals surface area contributed by atoms with E-state index in [1.54, 1.807) is 18.7 Å². The van der Waals surface area contributed by atoms with Crippen LogP contribution >= 0.6 is 11.8 Å².